The number of amides is 11. The number of aliphatic hydroxyl groups is 3. The molecule has 0 spiro atoms. The van der Waals surface area contributed by atoms with E-state index >= 15 is 8.78 Å². The Bertz CT molecular complexity index is 4200. The SMILES string of the molecule is CCc1ccccc1-c1ccc(C[C@H](NC(=O)[C@H](CC(=O)O)NC(=O)[C@H](CO)NC(=O)[C@@H](NC(=O)[C@](C)(Cc2c(F)cccc2F)NC(=O)[C@@H](NC(=O)CNC(=O)[C@H](CCC(=O)O)NC(=O)C(C)(C)NC(=O)CCc2cnc[nH]2)[C@@H](C)O)[C@@H](C)O)C(=O)N[C@@H](Cc2ccc(-c3ccccc3C)nc2)C(N)=O)cn1. The van der Waals surface area contributed by atoms with Gasteiger partial charge in [-0.05, 0) is 107 Å². The molecule has 0 aliphatic heterocycles. The van der Waals surface area contributed by atoms with Crippen LogP contribution < -0.4 is 58.9 Å². The van der Waals surface area contributed by atoms with Crippen molar-refractivity contribution in [3.05, 3.63) is 161 Å². The second kappa shape index (κ2) is 39.4. The molecule has 10 atom stereocenters. The number of aliphatic carboxylic acids is 2. The highest BCUT2D eigenvalue weighted by Gasteiger charge is 2.43. The zero-order valence-electron chi connectivity index (χ0n) is 60.2. The zero-order chi connectivity index (χ0) is 79.7. The van der Waals surface area contributed by atoms with Gasteiger partial charge in [0.15, 0.2) is 0 Å². The molecular formula is C73H89F2N15O18. The first-order valence-corrected chi connectivity index (χ1v) is 34.2. The molecule has 578 valence electrons. The molecule has 6 rings (SSSR count). The lowest BCUT2D eigenvalue weighted by atomic mass is 9.89. The minimum absolute atomic E-state index is 0.0784. The van der Waals surface area contributed by atoms with Gasteiger partial charge in [0.05, 0.1) is 49.5 Å². The van der Waals surface area contributed by atoms with Gasteiger partial charge in [0, 0.05) is 73.1 Å². The van der Waals surface area contributed by atoms with Gasteiger partial charge in [0.2, 0.25) is 65.0 Å². The molecule has 3 aromatic carbocycles. The summed E-state index contributed by atoms with van der Waals surface area (Å²) in [7, 11) is 0. The summed E-state index contributed by atoms with van der Waals surface area (Å²) in [6, 6.07) is 10.8. The number of nitrogens with one attached hydrogen (secondary N) is 11. The predicted octanol–water partition coefficient (Wildman–Crippen LogP) is -0.798. The number of halogens is 2. The first-order chi connectivity index (χ1) is 51.0. The summed E-state index contributed by atoms with van der Waals surface area (Å²) in [5.74, 6) is -18.7. The van der Waals surface area contributed by atoms with Crippen molar-refractivity contribution < 1.29 is 96.6 Å². The van der Waals surface area contributed by atoms with Crippen LogP contribution in [0.2, 0.25) is 0 Å². The van der Waals surface area contributed by atoms with Crippen molar-refractivity contribution in [3.63, 3.8) is 0 Å². The van der Waals surface area contributed by atoms with Crippen LogP contribution in [0.25, 0.3) is 22.5 Å². The molecule has 33 nitrogen and oxygen atoms in total. The molecule has 6 aromatic rings. The van der Waals surface area contributed by atoms with Gasteiger partial charge in [-0.25, -0.2) is 13.8 Å². The monoisotopic (exact) mass is 1500 g/mol. The summed E-state index contributed by atoms with van der Waals surface area (Å²) in [6.07, 6.45) is -1.31. The molecule has 0 fully saturated rings. The number of imidazole rings is 1. The van der Waals surface area contributed by atoms with Gasteiger partial charge in [-0.2, -0.15) is 0 Å². The maximum Gasteiger partial charge on any atom is 0.305 e. The third kappa shape index (κ3) is 24.8. The molecule has 0 aliphatic carbocycles. The standard InChI is InChI=1S/C73H89F2N15O18/c1-8-43-15-10-12-17-46(43)51-24-21-42(33-79-51)29-54(65(102)82-53(63(76)100)28-41-20-23-50(78-32-41)45-16-11-9-14-38(45)2)83-66(103)55(30-60(98)99)84-67(104)56(36-91)85-68(105)61(39(3)92)88-71(108)73(7,31-47-48(74)18-13-19-49(47)75)90-69(106)62(40(4)93)87-58(95)35-80-64(101)52(25-27-59(96)97)86-70(107)72(5,6)89-57(94)26-22-44-34-77-37-81-44/h9-21,23-24,32-34,37,39-40,52-56,61-62,91-93H,8,22,25-31,35-36H2,1-7H3,(H2,76,100)(H,77,81)(H,80,101)(H,82,102)(H,83,103)(H,84,104)(H,85,105)(H,86,107)(H,87,95)(H,88,108)(H,89,94)(H,90,106)(H,96,97)(H,98,99)/t39-,40-,52+,53+,54+,55+,56+,61+,62+,73+/m1/s1. The predicted molar refractivity (Wildman–Crippen MR) is 382 cm³/mol. The number of aryl methyl sites for hydroxylation is 3. The molecule has 3 aromatic heterocycles. The van der Waals surface area contributed by atoms with E-state index in [0.29, 0.717) is 34.6 Å². The van der Waals surface area contributed by atoms with Crippen molar-refractivity contribution in [2.45, 2.75) is 172 Å². The maximum atomic E-state index is 15.5. The Morgan fingerprint density at radius 2 is 1.12 bits per heavy atom. The van der Waals surface area contributed by atoms with Gasteiger partial charge in [-0.15, -0.1) is 0 Å². The van der Waals surface area contributed by atoms with E-state index in [-0.39, 0.29) is 25.7 Å². The average molecular weight is 1500 g/mol. The highest BCUT2D eigenvalue weighted by Crippen LogP contribution is 2.25. The topological polar surface area (TPSA) is 524 Å². The number of primary amides is 1. The second-order valence-electron chi connectivity index (χ2n) is 26.4. The van der Waals surface area contributed by atoms with Crippen LogP contribution >= 0.6 is 0 Å². The summed E-state index contributed by atoms with van der Waals surface area (Å²) >= 11 is 0. The number of hydrogen-bond donors (Lipinski definition) is 17. The number of hydrogen-bond acceptors (Lipinski definition) is 19. The fourth-order valence-corrected chi connectivity index (χ4v) is 11.1. The molecule has 3 heterocycles. The van der Waals surface area contributed by atoms with Gasteiger partial charge in [-0.1, -0.05) is 73.7 Å². The van der Waals surface area contributed by atoms with E-state index in [1.54, 1.807) is 24.3 Å². The first-order valence-electron chi connectivity index (χ1n) is 34.2. The number of benzene rings is 3. The van der Waals surface area contributed by atoms with Crippen LogP contribution in [0.15, 0.2) is 116 Å². The highest BCUT2D eigenvalue weighted by molar-refractivity contribution is 6.01. The molecule has 108 heavy (non-hydrogen) atoms. The number of carbonyl (C=O) groups is 13. The van der Waals surface area contributed by atoms with Gasteiger partial charge in [-0.3, -0.25) is 72.3 Å². The van der Waals surface area contributed by atoms with Crippen molar-refractivity contribution in [1.29, 1.82) is 0 Å². The molecule has 0 saturated heterocycles. The second-order valence-corrected chi connectivity index (χ2v) is 26.4. The van der Waals surface area contributed by atoms with E-state index < -0.39 is 199 Å². The van der Waals surface area contributed by atoms with Crippen LogP contribution in [0.5, 0.6) is 0 Å². The van der Waals surface area contributed by atoms with E-state index in [2.05, 4.69) is 73.1 Å². The van der Waals surface area contributed by atoms with E-state index in [9.17, 15) is 87.9 Å². The molecule has 18 N–H and O–H groups in total. The van der Waals surface area contributed by atoms with E-state index in [1.807, 2.05) is 62.4 Å². The normalized spacial score (nSPS) is 14.3. The number of rotatable bonds is 40. The number of aliphatic hydroxyl groups excluding tert-OH is 3. The fourth-order valence-electron chi connectivity index (χ4n) is 11.1. The maximum absolute atomic E-state index is 15.5. The van der Waals surface area contributed by atoms with Crippen LogP contribution in [0, 0.1) is 18.6 Å². The summed E-state index contributed by atoms with van der Waals surface area (Å²) in [4.78, 5) is 192. The molecular weight excluding hydrogens is 1410 g/mol. The van der Waals surface area contributed by atoms with Gasteiger partial charge in [0.1, 0.15) is 65.0 Å². The van der Waals surface area contributed by atoms with Gasteiger partial charge in [0.25, 0.3) is 0 Å². The number of pyridine rings is 2. The summed E-state index contributed by atoms with van der Waals surface area (Å²) < 4.78 is 31.0. The lowest BCUT2D eigenvalue weighted by molar-refractivity contribution is -0.142. The first kappa shape index (κ1) is 85.0. The number of nitrogens with two attached hydrogens (primary N) is 1. The zero-order valence-corrected chi connectivity index (χ0v) is 60.2. The Kier molecular flexibility index (Phi) is 31.0. The van der Waals surface area contributed by atoms with Crippen molar-refractivity contribution >= 4 is 76.9 Å². The van der Waals surface area contributed by atoms with Crippen LogP contribution in [-0.2, 0) is 94.4 Å². The summed E-state index contributed by atoms with van der Waals surface area (Å²) in [5.41, 5.74) is 6.83. The van der Waals surface area contributed by atoms with Crippen LogP contribution in [0.4, 0.5) is 8.78 Å². The Morgan fingerprint density at radius 3 is 1.68 bits per heavy atom. The number of carboxylic acids is 2. The average Bonchev–Trinajstić information content (AvgIpc) is 0.820. The molecule has 0 saturated carbocycles. The number of aromatic amines is 1. The number of H-pyrrole nitrogens is 1. The van der Waals surface area contributed by atoms with Crippen molar-refractivity contribution in [2.75, 3.05) is 13.2 Å². The van der Waals surface area contributed by atoms with Crippen LogP contribution in [0.1, 0.15) is 101 Å². The smallest absolute Gasteiger partial charge is 0.305 e. The Morgan fingerprint density at radius 1 is 0.565 bits per heavy atom. The van der Waals surface area contributed by atoms with Gasteiger partial charge < -0.3 is 89.4 Å². The third-order valence-corrected chi connectivity index (χ3v) is 17.3. The highest BCUT2D eigenvalue weighted by atomic mass is 19.1. The molecule has 0 aliphatic rings. The minimum atomic E-state index is -2.67. The molecule has 0 radical (unpaired) electrons. The molecule has 11 amide bonds. The van der Waals surface area contributed by atoms with E-state index in [4.69, 9.17) is 5.73 Å². The largest absolute Gasteiger partial charge is 0.481 e. The van der Waals surface area contributed by atoms with E-state index in [0.717, 1.165) is 61.2 Å². The fraction of sp³-hybridized carbons (Fsp3) is 0.397. The lowest BCUT2D eigenvalue weighted by Gasteiger charge is -2.34. The quantitative estimate of drug-likeness (QED) is 0.0224. The van der Waals surface area contributed by atoms with E-state index in [1.165, 1.54) is 38.8 Å². The number of carboxylic acid groups (broad SMARTS) is 2. The van der Waals surface area contributed by atoms with Gasteiger partial charge >= 0.3 is 11.9 Å². The van der Waals surface area contributed by atoms with Crippen LogP contribution in [0.3, 0.4) is 0 Å². The number of carbonyl (C=O) groups excluding carboxylic acids is 11. The molecule has 0 bridgehead atoms. The summed E-state index contributed by atoms with van der Waals surface area (Å²) in [5, 5.41) is 74.6. The Balaban J connectivity index is 1.18. The summed E-state index contributed by atoms with van der Waals surface area (Å²) in [6.45, 7) is 6.94. The molecule has 35 heteroatoms. The number of aromatic nitrogens is 4. The van der Waals surface area contributed by atoms with Crippen molar-refractivity contribution in [2.24, 2.45) is 5.73 Å². The molecule has 0 unspecified atom stereocenters. The third-order valence-electron chi connectivity index (χ3n) is 17.3. The Labute approximate surface area is 618 Å². The minimum Gasteiger partial charge on any atom is -0.481 e. The number of nitrogens with zero attached hydrogens (tertiary/aromatic N) is 3. The van der Waals surface area contributed by atoms with Crippen molar-refractivity contribution in [3.8, 4) is 22.5 Å². The van der Waals surface area contributed by atoms with Crippen molar-refractivity contribution in [1.82, 2.24) is 73.1 Å². The van der Waals surface area contributed by atoms with Crippen LogP contribution in [-0.4, -0.2) is 201 Å². The lowest BCUT2D eigenvalue weighted by Crippen LogP contribution is -2.67. The Hall–Kier alpha value is -12.0.